The molecule has 2 aromatic carbocycles. The Morgan fingerprint density at radius 2 is 1.83 bits per heavy atom. The van der Waals surface area contributed by atoms with E-state index in [9.17, 15) is 9.59 Å². The largest absolute Gasteiger partial charge is 0.352 e. The number of carbonyl (C=O) groups is 2. The molecular formula is C21H23N5O2S. The number of hydrogen-bond acceptors (Lipinski definition) is 5. The smallest absolute Gasteiger partial charge is 0.253 e. The summed E-state index contributed by atoms with van der Waals surface area (Å²) in [6.07, 6.45) is 2.38. The lowest BCUT2D eigenvalue weighted by molar-refractivity contribution is -0.113. The average molecular weight is 410 g/mol. The van der Waals surface area contributed by atoms with Gasteiger partial charge < -0.3 is 15.2 Å². The van der Waals surface area contributed by atoms with E-state index in [1.807, 2.05) is 41.8 Å². The van der Waals surface area contributed by atoms with Crippen molar-refractivity contribution in [3.05, 3.63) is 72.1 Å². The molecule has 0 saturated heterocycles. The molecule has 0 atom stereocenters. The highest BCUT2D eigenvalue weighted by molar-refractivity contribution is 7.99. The van der Waals surface area contributed by atoms with Crippen molar-refractivity contribution < 1.29 is 9.59 Å². The Balaban J connectivity index is 1.55. The third-order valence-corrected chi connectivity index (χ3v) is 5.22. The zero-order chi connectivity index (χ0) is 20.5. The number of hydrogen-bond donors (Lipinski definition) is 2. The Morgan fingerprint density at radius 1 is 1.07 bits per heavy atom. The van der Waals surface area contributed by atoms with Gasteiger partial charge in [-0.05, 0) is 31.0 Å². The minimum Gasteiger partial charge on any atom is -0.352 e. The fourth-order valence-corrected chi connectivity index (χ4v) is 3.52. The fourth-order valence-electron chi connectivity index (χ4n) is 2.74. The molecule has 1 heterocycles. The van der Waals surface area contributed by atoms with Crippen LogP contribution in [0.3, 0.4) is 0 Å². The second-order valence-corrected chi connectivity index (χ2v) is 7.22. The third-order valence-electron chi connectivity index (χ3n) is 4.24. The van der Waals surface area contributed by atoms with Crippen molar-refractivity contribution in [3.8, 4) is 0 Å². The minimum atomic E-state index is -0.213. The average Bonchev–Trinajstić information content (AvgIpc) is 3.21. The summed E-state index contributed by atoms with van der Waals surface area (Å²) in [6, 6.07) is 17.0. The van der Waals surface area contributed by atoms with E-state index < -0.39 is 0 Å². The summed E-state index contributed by atoms with van der Waals surface area (Å²) in [5.74, 6) is -0.233. The third kappa shape index (κ3) is 5.92. The van der Waals surface area contributed by atoms with Crippen LogP contribution in [0.15, 0.2) is 66.1 Å². The van der Waals surface area contributed by atoms with Gasteiger partial charge in [-0.3, -0.25) is 9.59 Å². The second-order valence-electron chi connectivity index (χ2n) is 6.27. The van der Waals surface area contributed by atoms with Crippen LogP contribution >= 0.6 is 11.8 Å². The molecule has 3 rings (SSSR count). The van der Waals surface area contributed by atoms with Crippen molar-refractivity contribution in [3.63, 3.8) is 0 Å². The van der Waals surface area contributed by atoms with Gasteiger partial charge in [-0.1, -0.05) is 54.2 Å². The number of nitrogens with one attached hydrogen (secondary N) is 2. The maximum absolute atomic E-state index is 12.6. The molecule has 150 valence electrons. The van der Waals surface area contributed by atoms with Crippen LogP contribution in [0.2, 0.25) is 0 Å². The highest BCUT2D eigenvalue weighted by atomic mass is 32.2. The van der Waals surface area contributed by atoms with Crippen molar-refractivity contribution in [2.24, 2.45) is 0 Å². The molecule has 0 saturated carbocycles. The highest BCUT2D eigenvalue weighted by Crippen LogP contribution is 2.18. The summed E-state index contributed by atoms with van der Waals surface area (Å²) in [7, 11) is 0. The molecule has 1 aromatic heterocycles. The lowest BCUT2D eigenvalue weighted by atomic mass is 10.1. The van der Waals surface area contributed by atoms with Gasteiger partial charge in [0.15, 0.2) is 5.16 Å². The molecule has 0 aliphatic heterocycles. The molecule has 0 aliphatic carbocycles. The normalized spacial score (nSPS) is 10.5. The molecule has 8 heteroatoms. The first-order valence-electron chi connectivity index (χ1n) is 9.39. The van der Waals surface area contributed by atoms with Gasteiger partial charge in [0.25, 0.3) is 5.91 Å². The van der Waals surface area contributed by atoms with E-state index in [0.29, 0.717) is 23.0 Å². The first kappa shape index (κ1) is 20.6. The van der Waals surface area contributed by atoms with Crippen LogP contribution in [-0.4, -0.2) is 38.9 Å². The number of thioether (sulfide) groups is 1. The van der Waals surface area contributed by atoms with E-state index >= 15 is 0 Å². The van der Waals surface area contributed by atoms with Crippen LogP contribution in [0, 0.1) is 0 Å². The van der Waals surface area contributed by atoms with Gasteiger partial charge in [-0.25, -0.2) is 0 Å². The maximum Gasteiger partial charge on any atom is 0.253 e. The predicted molar refractivity (Wildman–Crippen MR) is 114 cm³/mol. The van der Waals surface area contributed by atoms with Crippen molar-refractivity contribution in [2.75, 3.05) is 17.6 Å². The zero-order valence-corrected chi connectivity index (χ0v) is 17.0. The number of para-hydroxylation sites is 1. The fraction of sp³-hybridized carbons (Fsp3) is 0.238. The number of aryl methyl sites for hydroxylation is 1. The number of benzene rings is 2. The van der Waals surface area contributed by atoms with E-state index in [1.54, 1.807) is 30.6 Å². The topological polar surface area (TPSA) is 88.9 Å². The van der Waals surface area contributed by atoms with E-state index in [2.05, 4.69) is 20.8 Å². The Labute approximate surface area is 173 Å². The number of nitrogens with zero attached hydrogens (tertiary/aromatic N) is 3. The molecule has 0 radical (unpaired) electrons. The molecule has 0 fully saturated rings. The zero-order valence-electron chi connectivity index (χ0n) is 16.2. The summed E-state index contributed by atoms with van der Waals surface area (Å²) >= 11 is 1.31. The van der Waals surface area contributed by atoms with Gasteiger partial charge in [-0.15, -0.1) is 10.2 Å². The molecule has 29 heavy (non-hydrogen) atoms. The van der Waals surface area contributed by atoms with Gasteiger partial charge in [0.05, 0.1) is 17.0 Å². The molecule has 0 unspecified atom stereocenters. The van der Waals surface area contributed by atoms with Crippen LogP contribution in [-0.2, 0) is 17.8 Å². The lowest BCUT2D eigenvalue weighted by Gasteiger charge is -2.11. The van der Waals surface area contributed by atoms with Crippen molar-refractivity contribution in [1.29, 1.82) is 0 Å². The molecule has 0 bridgehead atoms. The number of aromatic nitrogens is 3. The summed E-state index contributed by atoms with van der Waals surface area (Å²) in [5, 5.41) is 14.3. The first-order valence-corrected chi connectivity index (χ1v) is 10.4. The quantitative estimate of drug-likeness (QED) is 0.531. The lowest BCUT2D eigenvalue weighted by Crippen LogP contribution is -2.27. The highest BCUT2D eigenvalue weighted by Gasteiger charge is 2.14. The SMILES string of the molecule is CCn1cnnc1SCC(=O)Nc1ccccc1C(=O)NCCc1ccccc1. The summed E-state index contributed by atoms with van der Waals surface area (Å²) in [4.78, 5) is 24.9. The van der Waals surface area contributed by atoms with Gasteiger partial charge >= 0.3 is 0 Å². The standard InChI is InChI=1S/C21H23N5O2S/c1-2-26-15-23-25-21(26)29-14-19(27)24-18-11-7-6-10-17(18)20(28)22-13-12-16-8-4-3-5-9-16/h3-11,15H,2,12-14H2,1H3,(H,22,28)(H,24,27). The van der Waals surface area contributed by atoms with Crippen molar-refractivity contribution in [1.82, 2.24) is 20.1 Å². The van der Waals surface area contributed by atoms with Crippen LogP contribution in [0.4, 0.5) is 5.69 Å². The first-order chi connectivity index (χ1) is 14.2. The second kappa shape index (κ2) is 10.4. The van der Waals surface area contributed by atoms with Crippen molar-refractivity contribution in [2.45, 2.75) is 25.0 Å². The van der Waals surface area contributed by atoms with Crippen LogP contribution in [0.25, 0.3) is 0 Å². The number of anilines is 1. The summed E-state index contributed by atoms with van der Waals surface area (Å²) in [6.45, 7) is 3.25. The predicted octanol–water partition coefficient (Wildman–Crippen LogP) is 3.00. The van der Waals surface area contributed by atoms with Crippen LogP contribution in [0.1, 0.15) is 22.8 Å². The molecule has 7 nitrogen and oxygen atoms in total. The maximum atomic E-state index is 12.6. The molecular weight excluding hydrogens is 386 g/mol. The number of amides is 2. The minimum absolute atomic E-state index is 0.183. The van der Waals surface area contributed by atoms with Crippen molar-refractivity contribution >= 4 is 29.3 Å². The van der Waals surface area contributed by atoms with Gasteiger partial charge in [0.1, 0.15) is 6.33 Å². The van der Waals surface area contributed by atoms with E-state index in [4.69, 9.17) is 0 Å². The van der Waals surface area contributed by atoms with Gasteiger partial charge in [0, 0.05) is 13.1 Å². The summed E-state index contributed by atoms with van der Waals surface area (Å²) in [5.41, 5.74) is 2.09. The number of rotatable bonds is 9. The van der Waals surface area contributed by atoms with Gasteiger partial charge in [0.2, 0.25) is 5.91 Å². The Hall–Kier alpha value is -3.13. The molecule has 0 spiro atoms. The van der Waals surface area contributed by atoms with E-state index in [1.165, 1.54) is 11.8 Å². The monoisotopic (exact) mass is 409 g/mol. The summed E-state index contributed by atoms with van der Waals surface area (Å²) < 4.78 is 1.87. The Morgan fingerprint density at radius 3 is 2.62 bits per heavy atom. The van der Waals surface area contributed by atoms with Crippen LogP contribution in [0.5, 0.6) is 0 Å². The molecule has 2 amide bonds. The molecule has 2 N–H and O–H groups in total. The Bertz CT molecular complexity index is 958. The molecule has 0 aliphatic rings. The number of carbonyl (C=O) groups excluding carboxylic acids is 2. The molecule has 3 aromatic rings. The Kier molecular flexibility index (Phi) is 7.40. The van der Waals surface area contributed by atoms with E-state index in [-0.39, 0.29) is 17.6 Å². The van der Waals surface area contributed by atoms with Crippen LogP contribution < -0.4 is 10.6 Å². The van der Waals surface area contributed by atoms with Gasteiger partial charge in [-0.2, -0.15) is 0 Å². The van der Waals surface area contributed by atoms with E-state index in [0.717, 1.165) is 18.5 Å².